The number of likely N-dealkylation sites (tertiary alicyclic amines) is 1. The average Bonchev–Trinajstić information content (AvgIpc) is 2.15. The van der Waals surface area contributed by atoms with Crippen molar-refractivity contribution >= 4 is 5.91 Å². The van der Waals surface area contributed by atoms with Gasteiger partial charge in [0.25, 0.3) is 0 Å². The second-order valence-corrected chi connectivity index (χ2v) is 4.57. The van der Waals surface area contributed by atoms with Crippen molar-refractivity contribution in [3.8, 4) is 0 Å². The third kappa shape index (κ3) is 3.68. The van der Waals surface area contributed by atoms with Crippen molar-refractivity contribution in [2.45, 2.75) is 39.3 Å². The Kier molecular flexibility index (Phi) is 4.21. The van der Waals surface area contributed by atoms with Gasteiger partial charge in [0.05, 0.1) is 0 Å². The summed E-state index contributed by atoms with van der Waals surface area (Å²) in [6.45, 7) is 5.05. The first kappa shape index (κ1) is 13.3. The maximum atomic E-state index is 12.1. The predicted molar refractivity (Wildman–Crippen MR) is 54.8 cm³/mol. The first-order valence-electron chi connectivity index (χ1n) is 5.68. The van der Waals surface area contributed by atoms with E-state index in [0.717, 1.165) is 12.8 Å². The van der Waals surface area contributed by atoms with E-state index < -0.39 is 18.5 Å². The van der Waals surface area contributed by atoms with Crippen molar-refractivity contribution in [2.75, 3.05) is 13.1 Å². The fourth-order valence-corrected chi connectivity index (χ4v) is 2.19. The standard InChI is InChI=1S/C11H18F3NO/c1-3-9-7-15(5-4-8(9)2)10(16)6-11(12,13)14/h8-9H,3-7H2,1-2H3/t8?,9-/m1/s1. The van der Waals surface area contributed by atoms with Gasteiger partial charge in [0, 0.05) is 13.1 Å². The molecule has 0 aromatic carbocycles. The Labute approximate surface area is 93.8 Å². The Bertz CT molecular complexity index is 252. The van der Waals surface area contributed by atoms with Gasteiger partial charge in [-0.1, -0.05) is 20.3 Å². The number of hydrogen-bond acceptors (Lipinski definition) is 1. The van der Waals surface area contributed by atoms with Crippen LogP contribution in [0.3, 0.4) is 0 Å². The highest BCUT2D eigenvalue weighted by Gasteiger charge is 2.35. The number of rotatable bonds is 2. The summed E-state index contributed by atoms with van der Waals surface area (Å²) in [5.74, 6) is 0.0590. The summed E-state index contributed by atoms with van der Waals surface area (Å²) < 4.78 is 36.2. The number of carbonyl (C=O) groups is 1. The topological polar surface area (TPSA) is 20.3 Å². The van der Waals surface area contributed by atoms with E-state index in [9.17, 15) is 18.0 Å². The van der Waals surface area contributed by atoms with E-state index in [2.05, 4.69) is 6.92 Å². The van der Waals surface area contributed by atoms with Gasteiger partial charge in [0.15, 0.2) is 0 Å². The molecule has 1 saturated heterocycles. The number of hydrogen-bond donors (Lipinski definition) is 0. The van der Waals surface area contributed by atoms with Crippen molar-refractivity contribution in [3.63, 3.8) is 0 Å². The summed E-state index contributed by atoms with van der Waals surface area (Å²) in [6.07, 6.45) is -3.99. The molecular weight excluding hydrogens is 219 g/mol. The first-order chi connectivity index (χ1) is 7.33. The molecule has 0 aliphatic carbocycles. The molecule has 1 amide bonds. The van der Waals surface area contributed by atoms with Crippen LogP contribution in [-0.2, 0) is 4.79 Å². The van der Waals surface area contributed by atoms with Gasteiger partial charge < -0.3 is 4.90 Å². The minimum Gasteiger partial charge on any atom is -0.342 e. The molecule has 1 rings (SSSR count). The molecule has 94 valence electrons. The molecule has 2 atom stereocenters. The van der Waals surface area contributed by atoms with E-state index in [1.54, 1.807) is 0 Å². The van der Waals surface area contributed by atoms with Crippen LogP contribution >= 0.6 is 0 Å². The predicted octanol–water partition coefficient (Wildman–Crippen LogP) is 2.83. The van der Waals surface area contributed by atoms with Gasteiger partial charge in [0.2, 0.25) is 5.91 Å². The summed E-state index contributed by atoms with van der Waals surface area (Å²) in [5.41, 5.74) is 0. The smallest absolute Gasteiger partial charge is 0.342 e. The highest BCUT2D eigenvalue weighted by atomic mass is 19.4. The second-order valence-electron chi connectivity index (χ2n) is 4.57. The Morgan fingerprint density at radius 3 is 2.56 bits per heavy atom. The molecule has 2 nitrogen and oxygen atoms in total. The molecule has 1 unspecified atom stereocenters. The van der Waals surface area contributed by atoms with Crippen molar-refractivity contribution < 1.29 is 18.0 Å². The van der Waals surface area contributed by atoms with E-state index in [1.165, 1.54) is 4.90 Å². The molecule has 0 N–H and O–H groups in total. The lowest BCUT2D eigenvalue weighted by Crippen LogP contribution is -2.44. The number of carbonyl (C=O) groups excluding carboxylic acids is 1. The SMILES string of the molecule is CC[C@@H]1CN(C(=O)CC(F)(F)F)CCC1C. The lowest BCUT2D eigenvalue weighted by Gasteiger charge is -2.36. The van der Waals surface area contributed by atoms with E-state index in [1.807, 2.05) is 6.92 Å². The molecule has 0 aromatic heterocycles. The summed E-state index contributed by atoms with van der Waals surface area (Å²) in [4.78, 5) is 12.8. The van der Waals surface area contributed by atoms with Crippen LogP contribution in [0.1, 0.15) is 33.1 Å². The monoisotopic (exact) mass is 237 g/mol. The van der Waals surface area contributed by atoms with Gasteiger partial charge in [-0.05, 0) is 18.3 Å². The molecule has 0 saturated carbocycles. The number of halogens is 3. The largest absolute Gasteiger partial charge is 0.397 e. The zero-order chi connectivity index (χ0) is 12.3. The van der Waals surface area contributed by atoms with Crippen LogP contribution in [-0.4, -0.2) is 30.1 Å². The van der Waals surface area contributed by atoms with Crippen LogP contribution in [0.15, 0.2) is 0 Å². The average molecular weight is 237 g/mol. The Balaban J connectivity index is 2.52. The van der Waals surface area contributed by atoms with Gasteiger partial charge >= 0.3 is 6.18 Å². The van der Waals surface area contributed by atoms with Gasteiger partial charge in [-0.3, -0.25) is 4.79 Å². The van der Waals surface area contributed by atoms with E-state index in [0.29, 0.717) is 24.9 Å². The zero-order valence-corrected chi connectivity index (χ0v) is 9.68. The van der Waals surface area contributed by atoms with Crippen molar-refractivity contribution in [3.05, 3.63) is 0 Å². The molecule has 0 radical (unpaired) electrons. The van der Waals surface area contributed by atoms with Gasteiger partial charge in [-0.25, -0.2) is 0 Å². The van der Waals surface area contributed by atoms with Crippen molar-refractivity contribution in [1.29, 1.82) is 0 Å². The number of amides is 1. The number of piperidine rings is 1. The lowest BCUT2D eigenvalue weighted by molar-refractivity contribution is -0.163. The first-order valence-corrected chi connectivity index (χ1v) is 5.68. The maximum Gasteiger partial charge on any atom is 0.397 e. The molecule has 16 heavy (non-hydrogen) atoms. The van der Waals surface area contributed by atoms with Crippen LogP contribution in [0.4, 0.5) is 13.2 Å². The summed E-state index contributed by atoms with van der Waals surface area (Å²) >= 11 is 0. The Morgan fingerprint density at radius 1 is 1.44 bits per heavy atom. The molecule has 0 bridgehead atoms. The normalized spacial score (nSPS) is 26.9. The fraction of sp³-hybridized carbons (Fsp3) is 0.909. The van der Waals surface area contributed by atoms with Gasteiger partial charge in [0.1, 0.15) is 6.42 Å². The minimum atomic E-state index is -4.39. The summed E-state index contributed by atoms with van der Waals surface area (Å²) in [5, 5.41) is 0. The molecular formula is C11H18F3NO. The molecule has 1 fully saturated rings. The Hall–Kier alpha value is -0.740. The number of alkyl halides is 3. The lowest BCUT2D eigenvalue weighted by atomic mass is 9.85. The highest BCUT2D eigenvalue weighted by Crippen LogP contribution is 2.28. The van der Waals surface area contributed by atoms with Crippen LogP contribution in [0.5, 0.6) is 0 Å². The highest BCUT2D eigenvalue weighted by molar-refractivity contribution is 5.76. The van der Waals surface area contributed by atoms with Crippen molar-refractivity contribution in [1.82, 2.24) is 4.90 Å². The zero-order valence-electron chi connectivity index (χ0n) is 9.68. The van der Waals surface area contributed by atoms with E-state index >= 15 is 0 Å². The summed E-state index contributed by atoms with van der Waals surface area (Å²) in [7, 11) is 0. The minimum absolute atomic E-state index is 0.339. The van der Waals surface area contributed by atoms with Gasteiger partial charge in [-0.15, -0.1) is 0 Å². The third-order valence-corrected chi connectivity index (χ3v) is 3.34. The summed E-state index contributed by atoms with van der Waals surface area (Å²) in [6, 6.07) is 0. The van der Waals surface area contributed by atoms with E-state index in [4.69, 9.17) is 0 Å². The quantitative estimate of drug-likeness (QED) is 0.723. The number of nitrogens with zero attached hydrogens (tertiary/aromatic N) is 1. The molecule has 5 heteroatoms. The second kappa shape index (κ2) is 5.06. The van der Waals surface area contributed by atoms with Crippen LogP contribution in [0.25, 0.3) is 0 Å². The molecule has 1 heterocycles. The van der Waals surface area contributed by atoms with Crippen molar-refractivity contribution in [2.24, 2.45) is 11.8 Å². The molecule has 0 spiro atoms. The van der Waals surface area contributed by atoms with Crippen LogP contribution < -0.4 is 0 Å². The van der Waals surface area contributed by atoms with Crippen LogP contribution in [0, 0.1) is 11.8 Å². The molecule has 0 aromatic rings. The third-order valence-electron chi connectivity index (χ3n) is 3.34. The Morgan fingerprint density at radius 2 is 2.06 bits per heavy atom. The van der Waals surface area contributed by atoms with E-state index in [-0.39, 0.29) is 0 Å². The molecule has 1 aliphatic heterocycles. The van der Waals surface area contributed by atoms with Crippen LogP contribution in [0.2, 0.25) is 0 Å². The maximum absolute atomic E-state index is 12.1. The van der Waals surface area contributed by atoms with Gasteiger partial charge in [-0.2, -0.15) is 13.2 Å². The molecule has 1 aliphatic rings. The fourth-order valence-electron chi connectivity index (χ4n) is 2.19.